The molecule has 33 heavy (non-hydrogen) atoms. The van der Waals surface area contributed by atoms with Crippen molar-refractivity contribution in [2.45, 2.75) is 39.4 Å². The summed E-state index contributed by atoms with van der Waals surface area (Å²) in [7, 11) is 0. The molecular formula is C23H23N3O7. The first-order valence-corrected chi connectivity index (χ1v) is 9.98. The number of aromatic nitrogens is 3. The molecular weight excluding hydrogens is 430 g/mol. The molecule has 1 heterocycles. The van der Waals surface area contributed by atoms with Gasteiger partial charge in [-0.05, 0) is 11.1 Å². The van der Waals surface area contributed by atoms with Crippen LogP contribution in [-0.2, 0) is 28.6 Å². The monoisotopic (exact) mass is 453 g/mol. The number of nitrogens with zero attached hydrogens (tertiary/aromatic N) is 3. The van der Waals surface area contributed by atoms with Crippen molar-refractivity contribution in [3.63, 3.8) is 0 Å². The predicted octanol–water partition coefficient (Wildman–Crippen LogP) is 2.59. The summed E-state index contributed by atoms with van der Waals surface area (Å²) in [4.78, 5) is 37.9. The number of aliphatic hydroxyl groups is 1. The van der Waals surface area contributed by atoms with Crippen LogP contribution in [0, 0.1) is 0 Å². The molecule has 1 aromatic heterocycles. The normalized spacial score (nSPS) is 12.6. The van der Waals surface area contributed by atoms with E-state index >= 15 is 0 Å². The van der Waals surface area contributed by atoms with Gasteiger partial charge in [0.2, 0.25) is 6.29 Å². The smallest absolute Gasteiger partial charge is 0.305 e. The Morgan fingerprint density at radius 1 is 0.758 bits per heavy atom. The lowest BCUT2D eigenvalue weighted by atomic mass is 9.96. The zero-order valence-electron chi connectivity index (χ0n) is 18.2. The molecule has 0 aliphatic rings. The largest absolute Gasteiger partial charge is 0.432 e. The van der Waals surface area contributed by atoms with Crippen molar-refractivity contribution in [1.29, 1.82) is 0 Å². The van der Waals surface area contributed by atoms with E-state index in [0.717, 1.165) is 11.1 Å². The SMILES string of the molecule is CC(=O)OC(O)c1ccc(C(c2ccc(C(OC(C)=O)OC(C)=O)cc2)n2cncn2)cc1. The van der Waals surface area contributed by atoms with Gasteiger partial charge in [-0.2, -0.15) is 5.10 Å². The van der Waals surface area contributed by atoms with Crippen LogP contribution in [0.2, 0.25) is 0 Å². The van der Waals surface area contributed by atoms with E-state index in [4.69, 9.17) is 14.2 Å². The number of ether oxygens (including phenoxy) is 3. The molecule has 0 saturated carbocycles. The fourth-order valence-corrected chi connectivity index (χ4v) is 3.21. The quantitative estimate of drug-likeness (QED) is 0.404. The van der Waals surface area contributed by atoms with E-state index in [9.17, 15) is 19.5 Å². The Hall–Kier alpha value is -4.05. The number of benzene rings is 2. The molecule has 172 valence electrons. The van der Waals surface area contributed by atoms with E-state index in [1.807, 2.05) is 0 Å². The first-order chi connectivity index (χ1) is 15.7. The lowest BCUT2D eigenvalue weighted by molar-refractivity contribution is -0.186. The molecule has 0 saturated heterocycles. The van der Waals surface area contributed by atoms with Crippen LogP contribution in [0.3, 0.4) is 0 Å². The summed E-state index contributed by atoms with van der Waals surface area (Å²) in [6.45, 7) is 3.68. The minimum Gasteiger partial charge on any atom is -0.432 e. The summed E-state index contributed by atoms with van der Waals surface area (Å²) in [5.41, 5.74) is 2.55. The van der Waals surface area contributed by atoms with Gasteiger partial charge < -0.3 is 19.3 Å². The predicted molar refractivity (Wildman–Crippen MR) is 113 cm³/mol. The first-order valence-electron chi connectivity index (χ1n) is 9.98. The second-order valence-electron chi connectivity index (χ2n) is 7.12. The van der Waals surface area contributed by atoms with Gasteiger partial charge in [-0.15, -0.1) is 0 Å². The third-order valence-electron chi connectivity index (χ3n) is 4.59. The van der Waals surface area contributed by atoms with Crippen LogP contribution in [0.4, 0.5) is 0 Å². The molecule has 1 N–H and O–H groups in total. The highest BCUT2D eigenvalue weighted by Gasteiger charge is 2.22. The van der Waals surface area contributed by atoms with E-state index < -0.39 is 30.5 Å². The number of hydrogen-bond donors (Lipinski definition) is 1. The number of carbonyl (C=O) groups excluding carboxylic acids is 3. The van der Waals surface area contributed by atoms with Crippen LogP contribution in [0.15, 0.2) is 61.2 Å². The zero-order valence-corrected chi connectivity index (χ0v) is 18.2. The summed E-state index contributed by atoms with van der Waals surface area (Å²) in [5.74, 6) is -1.75. The molecule has 3 aromatic rings. The summed E-state index contributed by atoms with van der Waals surface area (Å²) >= 11 is 0. The molecule has 10 nitrogen and oxygen atoms in total. The van der Waals surface area contributed by atoms with Crippen molar-refractivity contribution >= 4 is 17.9 Å². The zero-order chi connectivity index (χ0) is 24.0. The van der Waals surface area contributed by atoms with Crippen LogP contribution >= 0.6 is 0 Å². The number of hydrogen-bond acceptors (Lipinski definition) is 9. The van der Waals surface area contributed by atoms with Crippen molar-refractivity contribution in [1.82, 2.24) is 14.8 Å². The van der Waals surface area contributed by atoms with Gasteiger partial charge in [-0.3, -0.25) is 14.4 Å². The van der Waals surface area contributed by atoms with Gasteiger partial charge in [0.25, 0.3) is 6.29 Å². The van der Waals surface area contributed by atoms with E-state index in [1.165, 1.54) is 27.1 Å². The Bertz CT molecular complexity index is 1080. The van der Waals surface area contributed by atoms with Crippen LogP contribution in [0.25, 0.3) is 0 Å². The number of esters is 3. The third kappa shape index (κ3) is 6.23. The second kappa shape index (κ2) is 10.5. The maximum atomic E-state index is 11.4. The van der Waals surface area contributed by atoms with Crippen molar-refractivity contribution in [3.05, 3.63) is 83.4 Å². The average molecular weight is 453 g/mol. The average Bonchev–Trinajstić information content (AvgIpc) is 3.27. The van der Waals surface area contributed by atoms with Crippen LogP contribution in [-0.4, -0.2) is 37.8 Å². The van der Waals surface area contributed by atoms with E-state index in [-0.39, 0.29) is 6.04 Å². The second-order valence-corrected chi connectivity index (χ2v) is 7.12. The Morgan fingerprint density at radius 3 is 1.64 bits per heavy atom. The number of aliphatic hydroxyl groups excluding tert-OH is 1. The summed E-state index contributed by atoms with van der Waals surface area (Å²) in [5, 5.41) is 14.2. The van der Waals surface area contributed by atoms with E-state index in [1.54, 1.807) is 59.5 Å². The van der Waals surface area contributed by atoms with Gasteiger partial charge in [0, 0.05) is 31.9 Å². The highest BCUT2D eigenvalue weighted by Crippen LogP contribution is 2.29. The molecule has 0 aliphatic heterocycles. The molecule has 2 aromatic carbocycles. The summed E-state index contributed by atoms with van der Waals surface area (Å²) < 4.78 is 16.7. The van der Waals surface area contributed by atoms with Crippen LogP contribution in [0.1, 0.15) is 61.6 Å². The van der Waals surface area contributed by atoms with Gasteiger partial charge in [0.05, 0.1) is 0 Å². The fourth-order valence-electron chi connectivity index (χ4n) is 3.21. The maximum absolute atomic E-state index is 11.4. The molecule has 0 spiro atoms. The molecule has 0 radical (unpaired) electrons. The van der Waals surface area contributed by atoms with Crippen molar-refractivity contribution in [3.8, 4) is 0 Å². The lowest BCUT2D eigenvalue weighted by Gasteiger charge is -2.21. The standard InChI is InChI=1S/C23H23N3O7/c1-14(27)31-22(30)19-8-4-17(5-9-19)21(26-13-24-12-25-26)18-6-10-20(11-7-18)23(32-15(2)28)33-16(3)29/h4-13,21-23,30H,1-3H3. The van der Waals surface area contributed by atoms with Gasteiger partial charge in [0.1, 0.15) is 18.7 Å². The Morgan fingerprint density at radius 2 is 1.21 bits per heavy atom. The van der Waals surface area contributed by atoms with Crippen molar-refractivity contribution < 1.29 is 33.7 Å². The van der Waals surface area contributed by atoms with Crippen LogP contribution in [0.5, 0.6) is 0 Å². The fraction of sp³-hybridized carbons (Fsp3) is 0.261. The minimum absolute atomic E-state index is 0.373. The topological polar surface area (TPSA) is 130 Å². The Labute approximate surface area is 189 Å². The Kier molecular flexibility index (Phi) is 7.52. The van der Waals surface area contributed by atoms with Gasteiger partial charge in [0.15, 0.2) is 0 Å². The highest BCUT2D eigenvalue weighted by atomic mass is 16.7. The highest BCUT2D eigenvalue weighted by molar-refractivity contribution is 5.68. The molecule has 2 atom stereocenters. The third-order valence-corrected chi connectivity index (χ3v) is 4.59. The summed E-state index contributed by atoms with van der Waals surface area (Å²) in [6.07, 6.45) is 0.472. The van der Waals surface area contributed by atoms with Gasteiger partial charge in [-0.1, -0.05) is 48.5 Å². The van der Waals surface area contributed by atoms with Gasteiger partial charge in [-0.25, -0.2) is 9.67 Å². The Balaban J connectivity index is 1.91. The molecule has 3 rings (SSSR count). The molecule has 0 aliphatic carbocycles. The van der Waals surface area contributed by atoms with E-state index in [0.29, 0.717) is 11.1 Å². The summed E-state index contributed by atoms with van der Waals surface area (Å²) in [6, 6.07) is 13.5. The molecule has 2 unspecified atom stereocenters. The van der Waals surface area contributed by atoms with Crippen molar-refractivity contribution in [2.24, 2.45) is 0 Å². The lowest BCUT2D eigenvalue weighted by Crippen LogP contribution is -2.16. The molecule has 0 amide bonds. The minimum atomic E-state index is -1.36. The maximum Gasteiger partial charge on any atom is 0.305 e. The number of carbonyl (C=O) groups is 3. The molecule has 10 heteroatoms. The first kappa shape index (κ1) is 23.6. The molecule has 0 fully saturated rings. The van der Waals surface area contributed by atoms with Crippen molar-refractivity contribution in [2.75, 3.05) is 0 Å². The van der Waals surface area contributed by atoms with Crippen LogP contribution < -0.4 is 0 Å². The van der Waals surface area contributed by atoms with Gasteiger partial charge >= 0.3 is 17.9 Å². The molecule has 0 bridgehead atoms. The van der Waals surface area contributed by atoms with E-state index in [2.05, 4.69) is 10.1 Å². The number of rotatable bonds is 8.